The average molecular weight is 301 g/mol. The van der Waals surface area contributed by atoms with Gasteiger partial charge < -0.3 is 9.47 Å². The predicted molar refractivity (Wildman–Crippen MR) is 62.9 cm³/mol. The van der Waals surface area contributed by atoms with Gasteiger partial charge in [0.15, 0.2) is 11.6 Å². The van der Waals surface area contributed by atoms with Crippen LogP contribution in [0.25, 0.3) is 0 Å². The van der Waals surface area contributed by atoms with E-state index in [0.717, 1.165) is 0 Å². The summed E-state index contributed by atoms with van der Waals surface area (Å²) in [6.45, 7) is -1.34. The maximum absolute atomic E-state index is 13.4. The van der Waals surface area contributed by atoms with Crippen LogP contribution in [0.1, 0.15) is 12.0 Å². The van der Waals surface area contributed by atoms with Crippen molar-refractivity contribution in [1.29, 1.82) is 0 Å². The SMILES string of the molecule is Fc1cccc(CCl)c1OCCCOCC(F)(F)F. The normalized spacial score (nSPS) is 11.6. The van der Waals surface area contributed by atoms with Crippen molar-refractivity contribution in [3.63, 3.8) is 0 Å². The van der Waals surface area contributed by atoms with Gasteiger partial charge >= 0.3 is 6.18 Å². The smallest absolute Gasteiger partial charge is 0.411 e. The second-order valence-corrected chi connectivity index (χ2v) is 4.00. The number of hydrogen-bond donors (Lipinski definition) is 0. The third-order valence-corrected chi connectivity index (χ3v) is 2.43. The molecule has 0 atom stereocenters. The third-order valence-electron chi connectivity index (χ3n) is 2.14. The van der Waals surface area contributed by atoms with Gasteiger partial charge in [-0.3, -0.25) is 0 Å². The Morgan fingerprint density at radius 1 is 1.16 bits per heavy atom. The highest BCUT2D eigenvalue weighted by Crippen LogP contribution is 2.24. The van der Waals surface area contributed by atoms with Gasteiger partial charge in [0.2, 0.25) is 0 Å². The number of rotatable bonds is 7. The maximum atomic E-state index is 13.4. The zero-order chi connectivity index (χ0) is 14.3. The monoisotopic (exact) mass is 300 g/mol. The topological polar surface area (TPSA) is 18.5 Å². The maximum Gasteiger partial charge on any atom is 0.411 e. The Bertz CT molecular complexity index is 396. The molecule has 19 heavy (non-hydrogen) atoms. The molecule has 1 rings (SSSR count). The Kier molecular flexibility index (Phi) is 6.37. The van der Waals surface area contributed by atoms with Crippen molar-refractivity contribution in [2.24, 2.45) is 0 Å². The van der Waals surface area contributed by atoms with Crippen molar-refractivity contribution >= 4 is 11.6 Å². The van der Waals surface area contributed by atoms with Crippen LogP contribution in [0.15, 0.2) is 18.2 Å². The third kappa shape index (κ3) is 6.11. The molecule has 0 saturated carbocycles. The quantitative estimate of drug-likeness (QED) is 0.432. The minimum atomic E-state index is -4.34. The molecule has 0 fully saturated rings. The summed E-state index contributed by atoms with van der Waals surface area (Å²) in [5.74, 6) is -0.416. The summed E-state index contributed by atoms with van der Waals surface area (Å²) in [7, 11) is 0. The van der Waals surface area contributed by atoms with E-state index in [1.54, 1.807) is 6.07 Å². The zero-order valence-electron chi connectivity index (χ0n) is 9.97. The molecule has 7 heteroatoms. The number of para-hydroxylation sites is 1. The van der Waals surface area contributed by atoms with E-state index in [4.69, 9.17) is 16.3 Å². The molecule has 0 bridgehead atoms. The number of ether oxygens (including phenoxy) is 2. The molecule has 108 valence electrons. The standard InChI is InChI=1S/C12H13ClF4O2/c13-7-9-3-1-4-10(14)11(9)19-6-2-5-18-8-12(15,16)17/h1,3-4H,2,5-8H2. The van der Waals surface area contributed by atoms with E-state index in [-0.39, 0.29) is 31.3 Å². The van der Waals surface area contributed by atoms with Crippen molar-refractivity contribution < 1.29 is 27.0 Å². The van der Waals surface area contributed by atoms with Crippen LogP contribution >= 0.6 is 11.6 Å². The number of benzene rings is 1. The number of hydrogen-bond acceptors (Lipinski definition) is 2. The van der Waals surface area contributed by atoms with Crippen LogP contribution in [0.2, 0.25) is 0 Å². The second kappa shape index (κ2) is 7.55. The first-order chi connectivity index (χ1) is 8.94. The summed E-state index contributed by atoms with van der Waals surface area (Å²) in [5.41, 5.74) is 0.498. The molecule has 0 N–H and O–H groups in total. The molecule has 0 aromatic heterocycles. The summed E-state index contributed by atoms with van der Waals surface area (Å²) in [6, 6.07) is 4.35. The summed E-state index contributed by atoms with van der Waals surface area (Å²) in [6.07, 6.45) is -4.11. The summed E-state index contributed by atoms with van der Waals surface area (Å²) >= 11 is 5.62. The largest absolute Gasteiger partial charge is 0.490 e. The van der Waals surface area contributed by atoms with Gasteiger partial charge in [-0.2, -0.15) is 13.2 Å². The zero-order valence-corrected chi connectivity index (χ0v) is 10.7. The van der Waals surface area contributed by atoms with Crippen molar-refractivity contribution in [2.45, 2.75) is 18.5 Å². The van der Waals surface area contributed by atoms with Crippen LogP contribution in [0.4, 0.5) is 17.6 Å². The average Bonchev–Trinajstić information content (AvgIpc) is 2.33. The molecule has 0 heterocycles. The van der Waals surface area contributed by atoms with E-state index in [1.807, 2.05) is 0 Å². The van der Waals surface area contributed by atoms with Crippen LogP contribution in [-0.4, -0.2) is 26.0 Å². The Morgan fingerprint density at radius 3 is 2.53 bits per heavy atom. The van der Waals surface area contributed by atoms with Crippen molar-refractivity contribution in [3.05, 3.63) is 29.6 Å². The molecule has 0 radical (unpaired) electrons. The minimum absolute atomic E-state index is 0.0355. The first kappa shape index (κ1) is 16.0. The summed E-state index contributed by atoms with van der Waals surface area (Å²) in [5, 5.41) is 0. The fourth-order valence-corrected chi connectivity index (χ4v) is 1.55. The van der Waals surface area contributed by atoms with Crippen LogP contribution in [0.3, 0.4) is 0 Å². The van der Waals surface area contributed by atoms with Gasteiger partial charge in [-0.05, 0) is 6.07 Å². The Hall–Kier alpha value is -1.01. The van der Waals surface area contributed by atoms with Crippen LogP contribution in [0.5, 0.6) is 5.75 Å². The lowest BCUT2D eigenvalue weighted by atomic mass is 10.2. The molecule has 0 aliphatic carbocycles. The molecular weight excluding hydrogens is 288 g/mol. The van der Waals surface area contributed by atoms with Gasteiger partial charge in [0, 0.05) is 12.0 Å². The van der Waals surface area contributed by atoms with Crippen LogP contribution in [0, 0.1) is 5.82 Å². The van der Waals surface area contributed by atoms with Crippen molar-refractivity contribution in [3.8, 4) is 5.75 Å². The second-order valence-electron chi connectivity index (χ2n) is 3.73. The van der Waals surface area contributed by atoms with E-state index in [2.05, 4.69) is 4.74 Å². The Labute approximate surface area is 113 Å². The highest BCUT2D eigenvalue weighted by Gasteiger charge is 2.27. The summed E-state index contributed by atoms with van der Waals surface area (Å²) in [4.78, 5) is 0. The number of halogens is 5. The molecule has 0 amide bonds. The van der Waals surface area contributed by atoms with Gasteiger partial charge in [0.05, 0.1) is 19.1 Å². The highest BCUT2D eigenvalue weighted by molar-refractivity contribution is 6.17. The molecule has 1 aromatic carbocycles. The van der Waals surface area contributed by atoms with Gasteiger partial charge in [-0.1, -0.05) is 12.1 Å². The fourth-order valence-electron chi connectivity index (χ4n) is 1.34. The molecule has 0 unspecified atom stereocenters. The number of alkyl halides is 4. The molecule has 0 aliphatic heterocycles. The van der Waals surface area contributed by atoms with Crippen molar-refractivity contribution in [2.75, 3.05) is 19.8 Å². The summed E-state index contributed by atoms with van der Waals surface area (Å²) < 4.78 is 58.3. The molecule has 0 saturated heterocycles. The molecule has 0 spiro atoms. The lowest BCUT2D eigenvalue weighted by Crippen LogP contribution is -2.18. The Balaban J connectivity index is 2.30. The molecule has 2 nitrogen and oxygen atoms in total. The van der Waals surface area contributed by atoms with E-state index in [0.29, 0.717) is 5.56 Å². The van der Waals surface area contributed by atoms with Gasteiger partial charge in [0.25, 0.3) is 0 Å². The lowest BCUT2D eigenvalue weighted by Gasteiger charge is -2.11. The van der Waals surface area contributed by atoms with Gasteiger partial charge in [-0.15, -0.1) is 11.6 Å². The van der Waals surface area contributed by atoms with Crippen LogP contribution < -0.4 is 4.74 Å². The van der Waals surface area contributed by atoms with Gasteiger partial charge in [-0.25, -0.2) is 4.39 Å². The first-order valence-corrected chi connectivity index (χ1v) is 6.08. The van der Waals surface area contributed by atoms with Crippen molar-refractivity contribution in [1.82, 2.24) is 0 Å². The van der Waals surface area contributed by atoms with E-state index < -0.39 is 18.6 Å². The van der Waals surface area contributed by atoms with E-state index in [9.17, 15) is 17.6 Å². The predicted octanol–water partition coefficient (Wildman–Crippen LogP) is 3.91. The molecule has 1 aromatic rings. The Morgan fingerprint density at radius 2 is 1.89 bits per heavy atom. The molecule has 0 aliphatic rings. The van der Waals surface area contributed by atoms with E-state index >= 15 is 0 Å². The van der Waals surface area contributed by atoms with Crippen LogP contribution in [-0.2, 0) is 10.6 Å². The molecular formula is C12H13ClF4O2. The lowest BCUT2D eigenvalue weighted by molar-refractivity contribution is -0.174. The van der Waals surface area contributed by atoms with Gasteiger partial charge in [0.1, 0.15) is 6.61 Å². The first-order valence-electron chi connectivity index (χ1n) is 5.54. The fraction of sp³-hybridized carbons (Fsp3) is 0.500. The van der Waals surface area contributed by atoms with E-state index in [1.165, 1.54) is 12.1 Å². The highest BCUT2D eigenvalue weighted by atomic mass is 35.5. The minimum Gasteiger partial charge on any atom is -0.490 e.